The lowest BCUT2D eigenvalue weighted by Crippen LogP contribution is -2.02. The number of hydrogen-bond acceptors (Lipinski definition) is 4. The van der Waals surface area contributed by atoms with E-state index in [0.717, 1.165) is 51.5 Å². The number of anilines is 1. The zero-order valence-electron chi connectivity index (χ0n) is 17.3. The van der Waals surface area contributed by atoms with Crippen molar-refractivity contribution < 1.29 is 9.90 Å². The molecule has 0 spiro atoms. The van der Waals surface area contributed by atoms with E-state index < -0.39 is 5.97 Å². The lowest BCUT2D eigenvalue weighted by atomic mass is 9.97. The van der Waals surface area contributed by atoms with Gasteiger partial charge in [-0.25, -0.2) is 9.78 Å². The fourth-order valence-electron chi connectivity index (χ4n) is 3.80. The molecule has 0 saturated carbocycles. The summed E-state index contributed by atoms with van der Waals surface area (Å²) in [6, 6.07) is 17.1. The predicted molar refractivity (Wildman–Crippen MR) is 118 cm³/mol. The van der Waals surface area contributed by atoms with Crippen molar-refractivity contribution in [3.8, 4) is 11.1 Å². The van der Waals surface area contributed by atoms with Crippen LogP contribution in [-0.2, 0) is 12.8 Å². The van der Waals surface area contributed by atoms with Gasteiger partial charge in [0.1, 0.15) is 5.82 Å². The molecule has 0 amide bonds. The zero-order chi connectivity index (χ0) is 21.3. The number of nitrogens with one attached hydrogen (secondary N) is 1. The maximum absolute atomic E-state index is 11.5. The van der Waals surface area contributed by atoms with Crippen LogP contribution in [0, 0.1) is 6.92 Å². The number of fused-ring (bicyclic) bond motifs is 1. The quantitative estimate of drug-likeness (QED) is 0.495. The maximum atomic E-state index is 11.5. The van der Waals surface area contributed by atoms with Crippen LogP contribution in [0.15, 0.2) is 54.6 Å². The van der Waals surface area contributed by atoms with Crippen molar-refractivity contribution in [2.24, 2.45) is 0 Å². The first-order valence-electron chi connectivity index (χ1n) is 9.99. The molecule has 30 heavy (non-hydrogen) atoms. The van der Waals surface area contributed by atoms with E-state index in [1.54, 1.807) is 12.1 Å². The number of carboxylic acids is 1. The summed E-state index contributed by atoms with van der Waals surface area (Å²) >= 11 is 0. The first-order valence-corrected chi connectivity index (χ1v) is 9.99. The molecule has 0 aliphatic heterocycles. The first-order chi connectivity index (χ1) is 14.5. The zero-order valence-corrected chi connectivity index (χ0v) is 17.3. The van der Waals surface area contributed by atoms with E-state index in [2.05, 4.69) is 12.2 Å². The minimum absolute atomic E-state index is 0.306. The third-order valence-electron chi connectivity index (χ3n) is 5.29. The number of rotatable bonds is 6. The molecule has 0 atom stereocenters. The molecule has 2 heterocycles. The van der Waals surface area contributed by atoms with E-state index in [1.807, 2.05) is 61.0 Å². The van der Waals surface area contributed by atoms with E-state index >= 15 is 0 Å². The summed E-state index contributed by atoms with van der Waals surface area (Å²) in [5, 5.41) is 17.4. The molecule has 6 heteroatoms. The van der Waals surface area contributed by atoms with Crippen molar-refractivity contribution >= 4 is 17.4 Å². The molecule has 0 radical (unpaired) electrons. The Bertz CT molecular complexity index is 1230. The summed E-state index contributed by atoms with van der Waals surface area (Å²) in [4.78, 5) is 16.3. The Morgan fingerprint density at radius 2 is 1.87 bits per heavy atom. The largest absolute Gasteiger partial charge is 0.478 e. The standard InChI is InChI=1S/C24H24N4O2/c1-4-21-20(23-26-15(2)13-22(25-3)28(23)27-21)14-16-9-11-17(12-10-16)18-7-5-6-8-19(18)24(29)30/h5-13,25H,4,14H2,1-3H3,(H,29,30). The predicted octanol–water partition coefficient (Wildman–Crippen LogP) is 4.60. The van der Waals surface area contributed by atoms with Crippen LogP contribution in [-0.4, -0.2) is 32.7 Å². The Hall–Kier alpha value is -3.67. The van der Waals surface area contributed by atoms with Gasteiger partial charge in [-0.1, -0.05) is 49.4 Å². The highest BCUT2D eigenvalue weighted by Gasteiger charge is 2.16. The van der Waals surface area contributed by atoms with Gasteiger partial charge in [0.05, 0.1) is 11.3 Å². The van der Waals surface area contributed by atoms with Gasteiger partial charge < -0.3 is 10.4 Å². The molecule has 0 saturated heterocycles. The normalized spacial score (nSPS) is 11.0. The lowest BCUT2D eigenvalue weighted by molar-refractivity contribution is 0.0697. The third kappa shape index (κ3) is 3.52. The monoisotopic (exact) mass is 400 g/mol. The van der Waals surface area contributed by atoms with Crippen molar-refractivity contribution in [2.45, 2.75) is 26.7 Å². The van der Waals surface area contributed by atoms with E-state index in [-0.39, 0.29) is 0 Å². The van der Waals surface area contributed by atoms with Crippen molar-refractivity contribution in [3.05, 3.63) is 82.7 Å². The fourth-order valence-corrected chi connectivity index (χ4v) is 3.80. The maximum Gasteiger partial charge on any atom is 0.336 e. The topological polar surface area (TPSA) is 79.5 Å². The molecule has 4 aromatic rings. The summed E-state index contributed by atoms with van der Waals surface area (Å²) in [7, 11) is 1.88. The Labute approximate surface area is 175 Å². The Kier molecular flexibility index (Phi) is 5.23. The van der Waals surface area contributed by atoms with Gasteiger partial charge in [-0.15, -0.1) is 0 Å². The summed E-state index contributed by atoms with van der Waals surface area (Å²) in [5.41, 5.74) is 7.01. The molecule has 0 unspecified atom stereocenters. The Balaban J connectivity index is 1.72. The van der Waals surface area contributed by atoms with Crippen molar-refractivity contribution in [1.82, 2.24) is 14.6 Å². The lowest BCUT2D eigenvalue weighted by Gasteiger charge is -2.08. The summed E-state index contributed by atoms with van der Waals surface area (Å²) in [5.74, 6) is -0.00511. The number of aryl methyl sites for hydroxylation is 2. The molecule has 2 N–H and O–H groups in total. The van der Waals surface area contributed by atoms with Gasteiger partial charge in [-0.3, -0.25) is 0 Å². The average molecular weight is 400 g/mol. The van der Waals surface area contributed by atoms with Crippen molar-refractivity contribution in [2.75, 3.05) is 12.4 Å². The smallest absolute Gasteiger partial charge is 0.336 e. The van der Waals surface area contributed by atoms with Crippen LogP contribution in [0.1, 0.15) is 39.8 Å². The van der Waals surface area contributed by atoms with Crippen LogP contribution >= 0.6 is 0 Å². The summed E-state index contributed by atoms with van der Waals surface area (Å²) < 4.78 is 1.87. The van der Waals surface area contributed by atoms with E-state index in [0.29, 0.717) is 12.0 Å². The van der Waals surface area contributed by atoms with Gasteiger partial charge in [0, 0.05) is 30.8 Å². The van der Waals surface area contributed by atoms with Crippen LogP contribution in [0.3, 0.4) is 0 Å². The number of benzene rings is 2. The van der Waals surface area contributed by atoms with Crippen LogP contribution in [0.5, 0.6) is 0 Å². The molecule has 2 aromatic heterocycles. The summed E-state index contributed by atoms with van der Waals surface area (Å²) in [6.45, 7) is 4.08. The Morgan fingerprint density at radius 3 is 2.53 bits per heavy atom. The molecule has 0 bridgehead atoms. The molecule has 4 rings (SSSR count). The average Bonchev–Trinajstić information content (AvgIpc) is 3.11. The minimum Gasteiger partial charge on any atom is -0.478 e. The van der Waals surface area contributed by atoms with E-state index in [9.17, 15) is 9.90 Å². The van der Waals surface area contributed by atoms with Crippen LogP contribution < -0.4 is 5.32 Å². The number of aromatic nitrogens is 3. The molecule has 2 aromatic carbocycles. The molecule has 0 aliphatic carbocycles. The van der Waals surface area contributed by atoms with E-state index in [1.165, 1.54) is 0 Å². The van der Waals surface area contributed by atoms with Gasteiger partial charge in [-0.05, 0) is 36.1 Å². The number of carbonyl (C=O) groups is 1. The highest BCUT2D eigenvalue weighted by molar-refractivity contribution is 5.96. The first kappa shape index (κ1) is 19.6. The molecular weight excluding hydrogens is 376 g/mol. The van der Waals surface area contributed by atoms with E-state index in [4.69, 9.17) is 10.1 Å². The van der Waals surface area contributed by atoms with Gasteiger partial charge >= 0.3 is 5.97 Å². The van der Waals surface area contributed by atoms with Crippen LogP contribution in [0.2, 0.25) is 0 Å². The number of aromatic carboxylic acids is 1. The van der Waals surface area contributed by atoms with Crippen molar-refractivity contribution in [1.29, 1.82) is 0 Å². The van der Waals surface area contributed by atoms with Crippen LogP contribution in [0.4, 0.5) is 5.82 Å². The molecule has 6 nitrogen and oxygen atoms in total. The second-order valence-electron chi connectivity index (χ2n) is 7.27. The second-order valence-corrected chi connectivity index (χ2v) is 7.27. The SMILES string of the molecule is CCc1nn2c(NC)cc(C)nc2c1Cc1ccc(-c2ccccc2C(=O)O)cc1. The van der Waals surface area contributed by atoms with Gasteiger partial charge in [0.25, 0.3) is 0 Å². The molecule has 0 fully saturated rings. The van der Waals surface area contributed by atoms with Gasteiger partial charge in [-0.2, -0.15) is 9.61 Å². The van der Waals surface area contributed by atoms with Crippen molar-refractivity contribution in [3.63, 3.8) is 0 Å². The highest BCUT2D eigenvalue weighted by atomic mass is 16.4. The molecule has 0 aliphatic rings. The number of carboxylic acid groups (broad SMARTS) is 1. The fraction of sp³-hybridized carbons (Fsp3) is 0.208. The highest BCUT2D eigenvalue weighted by Crippen LogP contribution is 2.27. The number of nitrogens with zero attached hydrogens (tertiary/aromatic N) is 3. The van der Waals surface area contributed by atoms with Gasteiger partial charge in [0.2, 0.25) is 0 Å². The van der Waals surface area contributed by atoms with Gasteiger partial charge in [0.15, 0.2) is 5.65 Å². The van der Waals surface area contributed by atoms with Crippen LogP contribution in [0.25, 0.3) is 16.8 Å². The molecule has 152 valence electrons. The number of hydrogen-bond donors (Lipinski definition) is 2. The third-order valence-corrected chi connectivity index (χ3v) is 5.29. The molecular formula is C24H24N4O2. The Morgan fingerprint density at radius 1 is 1.13 bits per heavy atom. The summed E-state index contributed by atoms with van der Waals surface area (Å²) in [6.07, 6.45) is 1.54. The second kappa shape index (κ2) is 7.99. The minimum atomic E-state index is -0.921.